The quantitative estimate of drug-likeness (QED) is 0.367. The normalized spacial score (nSPS) is 17.9. The first-order valence-electron chi connectivity index (χ1n) is 11.2. The number of anilines is 1. The van der Waals surface area contributed by atoms with Gasteiger partial charge in [0.05, 0.1) is 36.9 Å². The fraction of sp³-hybridized carbons (Fsp3) is 0.333. The van der Waals surface area contributed by atoms with Gasteiger partial charge in [-0.1, -0.05) is 22.9 Å². The largest absolute Gasteiger partial charge is 0.494 e. The number of nitrogens with one attached hydrogen (secondary N) is 1. The van der Waals surface area contributed by atoms with Crippen LogP contribution in [0, 0.1) is 6.92 Å². The van der Waals surface area contributed by atoms with Crippen molar-refractivity contribution in [2.45, 2.75) is 44.6 Å². The molecule has 4 aromatic rings. The van der Waals surface area contributed by atoms with Gasteiger partial charge >= 0.3 is 0 Å². The molecule has 1 aliphatic carbocycles. The standard InChI is InChI=1S/C24H23ClN6O3S/c1-12-7-15(16-8-20(25)27-11-19(16)34-2)17(9-26-12)22(33)31-24-30-21-23(35-24)29-18(10-28-21)13-3-5-14(32)6-4-13/h7-11,13-14,32H,3-6H2,1-2H3,(H,28,30,31,33). The van der Waals surface area contributed by atoms with E-state index in [0.717, 1.165) is 37.1 Å². The highest BCUT2D eigenvalue weighted by molar-refractivity contribution is 7.21. The monoisotopic (exact) mass is 510 g/mol. The van der Waals surface area contributed by atoms with E-state index in [-0.39, 0.29) is 23.1 Å². The second kappa shape index (κ2) is 9.80. The lowest BCUT2D eigenvalue weighted by atomic mass is 9.85. The van der Waals surface area contributed by atoms with Crippen molar-refractivity contribution in [3.05, 3.63) is 52.8 Å². The minimum absolute atomic E-state index is 0.225. The van der Waals surface area contributed by atoms with E-state index in [2.05, 4.69) is 25.3 Å². The number of aliphatic hydroxyl groups is 1. The lowest BCUT2D eigenvalue weighted by molar-refractivity contribution is 0.102. The molecule has 1 amide bonds. The Kier molecular flexibility index (Phi) is 6.59. The van der Waals surface area contributed by atoms with E-state index in [1.54, 1.807) is 18.3 Å². The number of amides is 1. The Bertz CT molecular complexity index is 1400. The van der Waals surface area contributed by atoms with Crippen LogP contribution in [-0.2, 0) is 0 Å². The maximum atomic E-state index is 13.3. The Balaban J connectivity index is 1.43. The molecule has 0 atom stereocenters. The van der Waals surface area contributed by atoms with Gasteiger partial charge in [0.2, 0.25) is 0 Å². The molecule has 1 aliphatic rings. The van der Waals surface area contributed by atoms with Gasteiger partial charge in [-0.2, -0.15) is 4.98 Å². The molecular formula is C24H23ClN6O3S. The second-order valence-corrected chi connectivity index (χ2v) is 9.85. The lowest BCUT2D eigenvalue weighted by Gasteiger charge is -2.24. The third-order valence-electron chi connectivity index (χ3n) is 6.11. The van der Waals surface area contributed by atoms with Gasteiger partial charge in [0.15, 0.2) is 15.6 Å². The number of fused-ring (bicyclic) bond motifs is 1. The minimum atomic E-state index is -0.372. The maximum Gasteiger partial charge on any atom is 0.259 e. The Morgan fingerprint density at radius 2 is 1.89 bits per heavy atom. The first kappa shape index (κ1) is 23.5. The number of aliphatic hydroxyl groups excluding tert-OH is 1. The Morgan fingerprint density at radius 1 is 1.09 bits per heavy atom. The Morgan fingerprint density at radius 3 is 2.66 bits per heavy atom. The third-order valence-corrected chi connectivity index (χ3v) is 7.17. The number of carbonyl (C=O) groups is 1. The smallest absolute Gasteiger partial charge is 0.259 e. The van der Waals surface area contributed by atoms with Crippen molar-refractivity contribution in [3.8, 4) is 16.9 Å². The summed E-state index contributed by atoms with van der Waals surface area (Å²) in [6.45, 7) is 1.84. The fourth-order valence-electron chi connectivity index (χ4n) is 4.27. The summed E-state index contributed by atoms with van der Waals surface area (Å²) < 4.78 is 5.44. The van der Waals surface area contributed by atoms with E-state index < -0.39 is 0 Å². The van der Waals surface area contributed by atoms with E-state index in [0.29, 0.717) is 38.0 Å². The molecular weight excluding hydrogens is 488 g/mol. The molecule has 0 bridgehead atoms. The highest BCUT2D eigenvalue weighted by Crippen LogP contribution is 2.35. The van der Waals surface area contributed by atoms with Crippen molar-refractivity contribution < 1.29 is 14.6 Å². The van der Waals surface area contributed by atoms with Gasteiger partial charge in [0.1, 0.15) is 10.9 Å². The molecule has 0 aromatic carbocycles. The number of aryl methyl sites for hydroxylation is 1. The van der Waals surface area contributed by atoms with Crippen LogP contribution in [0.3, 0.4) is 0 Å². The van der Waals surface area contributed by atoms with Crippen LogP contribution in [0.25, 0.3) is 21.6 Å². The number of carbonyl (C=O) groups excluding carboxylic acids is 1. The lowest BCUT2D eigenvalue weighted by Crippen LogP contribution is -2.17. The van der Waals surface area contributed by atoms with E-state index in [4.69, 9.17) is 21.3 Å². The summed E-state index contributed by atoms with van der Waals surface area (Å²) >= 11 is 7.40. The van der Waals surface area contributed by atoms with Gasteiger partial charge in [-0.3, -0.25) is 15.1 Å². The van der Waals surface area contributed by atoms with Crippen LogP contribution in [-0.4, -0.2) is 49.1 Å². The van der Waals surface area contributed by atoms with Crippen LogP contribution in [0.15, 0.2) is 30.7 Å². The van der Waals surface area contributed by atoms with Gasteiger partial charge in [-0.05, 0) is 44.7 Å². The second-order valence-electron chi connectivity index (χ2n) is 8.48. The van der Waals surface area contributed by atoms with Crippen LogP contribution in [0.5, 0.6) is 5.75 Å². The van der Waals surface area contributed by atoms with Gasteiger partial charge in [-0.15, -0.1) is 0 Å². The molecule has 0 aliphatic heterocycles. The molecule has 9 nitrogen and oxygen atoms in total. The number of thiazole rings is 1. The molecule has 35 heavy (non-hydrogen) atoms. The molecule has 2 N–H and O–H groups in total. The van der Waals surface area contributed by atoms with E-state index >= 15 is 0 Å². The maximum absolute atomic E-state index is 13.3. The molecule has 0 radical (unpaired) electrons. The summed E-state index contributed by atoms with van der Waals surface area (Å²) in [6, 6.07) is 3.46. The Hall–Kier alpha value is -3.21. The summed E-state index contributed by atoms with van der Waals surface area (Å²) in [6.07, 6.45) is 7.88. The molecule has 1 saturated carbocycles. The summed E-state index contributed by atoms with van der Waals surface area (Å²) in [5, 5.41) is 13.3. The van der Waals surface area contributed by atoms with Crippen LogP contribution >= 0.6 is 22.9 Å². The average molecular weight is 511 g/mol. The molecule has 4 aromatic heterocycles. The fourth-order valence-corrected chi connectivity index (χ4v) is 5.23. The van der Waals surface area contributed by atoms with E-state index in [1.807, 2.05) is 6.92 Å². The van der Waals surface area contributed by atoms with Crippen LogP contribution in [0.2, 0.25) is 5.15 Å². The predicted octanol–water partition coefficient (Wildman–Crippen LogP) is 4.78. The molecule has 1 fully saturated rings. The van der Waals surface area contributed by atoms with Crippen molar-refractivity contribution in [3.63, 3.8) is 0 Å². The molecule has 11 heteroatoms. The number of halogens is 1. The van der Waals surface area contributed by atoms with Crippen molar-refractivity contribution in [2.75, 3.05) is 12.4 Å². The number of rotatable bonds is 5. The number of nitrogens with zero attached hydrogens (tertiary/aromatic N) is 5. The first-order chi connectivity index (χ1) is 16.9. The van der Waals surface area contributed by atoms with Crippen molar-refractivity contribution in [1.82, 2.24) is 24.9 Å². The summed E-state index contributed by atoms with van der Waals surface area (Å²) in [7, 11) is 1.53. The Labute approximate surface area is 210 Å². The zero-order chi connectivity index (χ0) is 24.5. The van der Waals surface area contributed by atoms with Crippen molar-refractivity contribution >= 4 is 44.5 Å². The topological polar surface area (TPSA) is 123 Å². The number of pyridine rings is 2. The van der Waals surface area contributed by atoms with Crippen LogP contribution in [0.1, 0.15) is 53.3 Å². The number of methoxy groups -OCH3 is 1. The number of hydrogen-bond acceptors (Lipinski definition) is 9. The summed E-state index contributed by atoms with van der Waals surface area (Å²) in [5.41, 5.74) is 3.72. The molecule has 0 unspecified atom stereocenters. The summed E-state index contributed by atoms with van der Waals surface area (Å²) in [4.78, 5) is 36.0. The predicted molar refractivity (Wildman–Crippen MR) is 134 cm³/mol. The van der Waals surface area contributed by atoms with Gasteiger partial charge < -0.3 is 9.84 Å². The average Bonchev–Trinajstić information content (AvgIpc) is 3.25. The third kappa shape index (κ3) is 4.95. The number of aromatic nitrogens is 5. The minimum Gasteiger partial charge on any atom is -0.494 e. The van der Waals surface area contributed by atoms with Crippen LogP contribution in [0.4, 0.5) is 5.13 Å². The SMILES string of the molecule is COc1cnc(Cl)cc1-c1cc(C)ncc1C(=O)Nc1nc2ncc(C3CCC(O)CC3)nc2s1. The molecule has 0 spiro atoms. The van der Waals surface area contributed by atoms with Gasteiger partial charge in [-0.25, -0.2) is 15.0 Å². The summed E-state index contributed by atoms with van der Waals surface area (Å²) in [5.74, 6) is 0.395. The molecule has 0 saturated heterocycles. The zero-order valence-corrected chi connectivity index (χ0v) is 20.7. The molecule has 5 rings (SSSR count). The van der Waals surface area contributed by atoms with E-state index in [1.165, 1.54) is 30.8 Å². The number of hydrogen-bond donors (Lipinski definition) is 2. The van der Waals surface area contributed by atoms with Crippen molar-refractivity contribution in [2.24, 2.45) is 0 Å². The van der Waals surface area contributed by atoms with E-state index in [9.17, 15) is 9.90 Å². The highest BCUT2D eigenvalue weighted by atomic mass is 35.5. The number of ether oxygens (including phenoxy) is 1. The van der Waals surface area contributed by atoms with Gasteiger partial charge in [0, 0.05) is 28.9 Å². The van der Waals surface area contributed by atoms with Crippen molar-refractivity contribution in [1.29, 1.82) is 0 Å². The van der Waals surface area contributed by atoms with Gasteiger partial charge in [0.25, 0.3) is 5.91 Å². The zero-order valence-electron chi connectivity index (χ0n) is 19.2. The van der Waals surface area contributed by atoms with Crippen LogP contribution < -0.4 is 10.1 Å². The molecule has 180 valence electrons. The first-order valence-corrected chi connectivity index (χ1v) is 12.4. The molecule has 4 heterocycles. The highest BCUT2D eigenvalue weighted by Gasteiger charge is 2.23.